The summed E-state index contributed by atoms with van der Waals surface area (Å²) in [6.45, 7) is 4.43. The summed E-state index contributed by atoms with van der Waals surface area (Å²) in [6.07, 6.45) is 6.74. The van der Waals surface area contributed by atoms with Gasteiger partial charge in [-0.15, -0.1) is 0 Å². The summed E-state index contributed by atoms with van der Waals surface area (Å²) in [4.78, 5) is 22.0. The number of hydrogen-bond acceptors (Lipinski definition) is 2. The normalized spacial score (nSPS) is 15.8. The third kappa shape index (κ3) is 4.28. The maximum Gasteiger partial charge on any atom is 0.254 e. The van der Waals surface area contributed by atoms with Gasteiger partial charge >= 0.3 is 0 Å². The van der Waals surface area contributed by atoms with Gasteiger partial charge in [-0.05, 0) is 18.8 Å². The van der Waals surface area contributed by atoms with E-state index >= 15 is 0 Å². The Kier molecular flexibility index (Phi) is 4.53. The molecule has 0 fully saturated rings. The van der Waals surface area contributed by atoms with Crippen molar-refractivity contribution in [2.45, 2.75) is 46.0 Å². The average Bonchev–Trinajstić information content (AvgIpc) is 2.44. The third-order valence-electron chi connectivity index (χ3n) is 2.56. The highest BCUT2D eigenvalue weighted by molar-refractivity contribution is 6.16. The topological polar surface area (TPSA) is 46.2 Å². The molecule has 15 heavy (non-hydrogen) atoms. The van der Waals surface area contributed by atoms with Gasteiger partial charge in [-0.25, -0.2) is 0 Å². The Morgan fingerprint density at radius 2 is 1.93 bits per heavy atom. The molecule has 1 aliphatic heterocycles. The molecule has 0 radical (unpaired) electrons. The molecular weight excluding hydrogens is 190 g/mol. The van der Waals surface area contributed by atoms with E-state index in [0.29, 0.717) is 5.57 Å². The standard InChI is InChI=1S/C12H19NO2/c1-9(2)6-4-3-5-7-10-8-11(14)13-12(10)15/h8-9H,3-7H2,1-2H3,(H,13,14,15). The molecule has 3 nitrogen and oxygen atoms in total. The van der Waals surface area contributed by atoms with Crippen LogP contribution in [0.25, 0.3) is 0 Å². The van der Waals surface area contributed by atoms with E-state index in [1.807, 2.05) is 0 Å². The third-order valence-corrected chi connectivity index (χ3v) is 2.56. The number of carbonyl (C=O) groups excluding carboxylic acids is 2. The van der Waals surface area contributed by atoms with Crippen molar-refractivity contribution in [1.29, 1.82) is 0 Å². The lowest BCUT2D eigenvalue weighted by Gasteiger charge is -2.03. The molecule has 1 N–H and O–H groups in total. The van der Waals surface area contributed by atoms with Gasteiger partial charge in [-0.3, -0.25) is 14.9 Å². The van der Waals surface area contributed by atoms with Crippen LogP contribution in [-0.2, 0) is 9.59 Å². The number of nitrogens with one attached hydrogen (secondary N) is 1. The fraction of sp³-hybridized carbons (Fsp3) is 0.667. The number of unbranched alkanes of at least 4 members (excludes halogenated alkanes) is 2. The van der Waals surface area contributed by atoms with Crippen molar-refractivity contribution in [2.24, 2.45) is 5.92 Å². The lowest BCUT2D eigenvalue weighted by molar-refractivity contribution is -0.123. The first-order chi connectivity index (χ1) is 7.09. The molecule has 0 unspecified atom stereocenters. The molecule has 0 aliphatic carbocycles. The van der Waals surface area contributed by atoms with Crippen molar-refractivity contribution in [3.8, 4) is 0 Å². The number of imide groups is 1. The minimum Gasteiger partial charge on any atom is -0.289 e. The fourth-order valence-electron chi connectivity index (χ4n) is 1.68. The Hall–Kier alpha value is -1.12. The van der Waals surface area contributed by atoms with Crippen molar-refractivity contribution in [3.63, 3.8) is 0 Å². The molecular formula is C12H19NO2. The van der Waals surface area contributed by atoms with E-state index in [1.165, 1.54) is 18.9 Å². The highest BCUT2D eigenvalue weighted by Gasteiger charge is 2.19. The zero-order chi connectivity index (χ0) is 11.3. The monoisotopic (exact) mass is 209 g/mol. The average molecular weight is 209 g/mol. The van der Waals surface area contributed by atoms with E-state index < -0.39 is 0 Å². The Bertz CT molecular complexity index is 279. The van der Waals surface area contributed by atoms with Crippen LogP contribution in [0, 0.1) is 5.92 Å². The van der Waals surface area contributed by atoms with E-state index in [1.54, 1.807) is 0 Å². The SMILES string of the molecule is CC(C)CCCCCC1=CC(=O)NC1=O. The maximum atomic E-state index is 11.2. The van der Waals surface area contributed by atoms with Gasteiger partial charge in [0.15, 0.2) is 0 Å². The zero-order valence-electron chi connectivity index (χ0n) is 9.51. The molecule has 1 heterocycles. The lowest BCUT2D eigenvalue weighted by Crippen LogP contribution is -2.22. The number of rotatable bonds is 6. The van der Waals surface area contributed by atoms with Crippen molar-refractivity contribution in [2.75, 3.05) is 0 Å². The first kappa shape index (κ1) is 12.0. The summed E-state index contributed by atoms with van der Waals surface area (Å²) in [7, 11) is 0. The first-order valence-corrected chi connectivity index (χ1v) is 5.65. The molecule has 0 bridgehead atoms. The number of carbonyl (C=O) groups is 2. The second-order valence-corrected chi connectivity index (χ2v) is 4.48. The van der Waals surface area contributed by atoms with Crippen molar-refractivity contribution >= 4 is 11.8 Å². The van der Waals surface area contributed by atoms with Gasteiger partial charge in [-0.2, -0.15) is 0 Å². The Balaban J connectivity index is 2.13. The second kappa shape index (κ2) is 5.69. The van der Waals surface area contributed by atoms with E-state index in [4.69, 9.17) is 0 Å². The molecule has 0 aromatic carbocycles. The van der Waals surface area contributed by atoms with Crippen molar-refractivity contribution in [3.05, 3.63) is 11.6 Å². The highest BCUT2D eigenvalue weighted by atomic mass is 16.2. The molecule has 0 spiro atoms. The van der Waals surface area contributed by atoms with Crippen molar-refractivity contribution in [1.82, 2.24) is 5.32 Å². The van der Waals surface area contributed by atoms with Crippen LogP contribution < -0.4 is 5.32 Å². The van der Waals surface area contributed by atoms with E-state index in [-0.39, 0.29) is 11.8 Å². The molecule has 84 valence electrons. The number of amides is 2. The molecule has 1 aliphatic rings. The van der Waals surface area contributed by atoms with Gasteiger partial charge in [0.1, 0.15) is 0 Å². The quantitative estimate of drug-likeness (QED) is 0.538. The Morgan fingerprint density at radius 3 is 2.47 bits per heavy atom. The van der Waals surface area contributed by atoms with Crippen LogP contribution in [-0.4, -0.2) is 11.8 Å². The van der Waals surface area contributed by atoms with Crippen LogP contribution in [0.3, 0.4) is 0 Å². The summed E-state index contributed by atoms with van der Waals surface area (Å²) in [6, 6.07) is 0. The summed E-state index contributed by atoms with van der Waals surface area (Å²) >= 11 is 0. The van der Waals surface area contributed by atoms with Crippen LogP contribution in [0.1, 0.15) is 46.0 Å². The van der Waals surface area contributed by atoms with Crippen LogP contribution in [0.5, 0.6) is 0 Å². The lowest BCUT2D eigenvalue weighted by atomic mass is 10.0. The predicted molar refractivity (Wildman–Crippen MR) is 59.2 cm³/mol. The molecule has 0 aromatic heterocycles. The van der Waals surface area contributed by atoms with E-state index in [9.17, 15) is 9.59 Å². The summed E-state index contributed by atoms with van der Waals surface area (Å²) in [5.41, 5.74) is 0.643. The van der Waals surface area contributed by atoms with Crippen LogP contribution >= 0.6 is 0 Å². The Morgan fingerprint density at radius 1 is 1.20 bits per heavy atom. The summed E-state index contributed by atoms with van der Waals surface area (Å²) in [5.74, 6) is 0.279. The van der Waals surface area contributed by atoms with Crippen LogP contribution in [0.2, 0.25) is 0 Å². The smallest absolute Gasteiger partial charge is 0.254 e. The van der Waals surface area contributed by atoms with Gasteiger partial charge in [0.2, 0.25) is 0 Å². The first-order valence-electron chi connectivity index (χ1n) is 5.65. The van der Waals surface area contributed by atoms with Gasteiger partial charge in [-0.1, -0.05) is 33.1 Å². The predicted octanol–water partition coefficient (Wildman–Crippen LogP) is 2.18. The van der Waals surface area contributed by atoms with Gasteiger partial charge in [0.05, 0.1) is 0 Å². The van der Waals surface area contributed by atoms with E-state index in [0.717, 1.165) is 25.2 Å². The van der Waals surface area contributed by atoms with Gasteiger partial charge in [0.25, 0.3) is 11.8 Å². The minimum atomic E-state index is -0.266. The summed E-state index contributed by atoms with van der Waals surface area (Å²) < 4.78 is 0. The second-order valence-electron chi connectivity index (χ2n) is 4.48. The minimum absolute atomic E-state index is 0.205. The molecule has 0 saturated carbocycles. The van der Waals surface area contributed by atoms with Crippen molar-refractivity contribution < 1.29 is 9.59 Å². The van der Waals surface area contributed by atoms with Crippen LogP contribution in [0.4, 0.5) is 0 Å². The molecule has 2 amide bonds. The maximum absolute atomic E-state index is 11.2. The fourth-order valence-corrected chi connectivity index (χ4v) is 1.68. The Labute approximate surface area is 90.9 Å². The molecule has 0 saturated heterocycles. The molecule has 1 rings (SSSR count). The van der Waals surface area contributed by atoms with Gasteiger partial charge < -0.3 is 0 Å². The molecule has 3 heteroatoms. The highest BCUT2D eigenvalue weighted by Crippen LogP contribution is 2.15. The van der Waals surface area contributed by atoms with E-state index in [2.05, 4.69) is 19.2 Å². The largest absolute Gasteiger partial charge is 0.289 e. The van der Waals surface area contributed by atoms with Gasteiger partial charge in [0, 0.05) is 11.6 Å². The zero-order valence-corrected chi connectivity index (χ0v) is 9.51. The summed E-state index contributed by atoms with van der Waals surface area (Å²) in [5, 5.41) is 2.26. The number of hydrogen-bond donors (Lipinski definition) is 1. The van der Waals surface area contributed by atoms with Crippen LogP contribution in [0.15, 0.2) is 11.6 Å². The molecule has 0 atom stereocenters. The molecule has 0 aromatic rings.